The van der Waals surface area contributed by atoms with Gasteiger partial charge in [0, 0.05) is 12.3 Å². The molecule has 1 rings (SSSR count). The molecule has 1 heterocycles. The van der Waals surface area contributed by atoms with Gasteiger partial charge in [-0.1, -0.05) is 0 Å². The summed E-state index contributed by atoms with van der Waals surface area (Å²) in [5.74, 6) is 0. The summed E-state index contributed by atoms with van der Waals surface area (Å²) in [5, 5.41) is 0. The molecule has 8 heavy (non-hydrogen) atoms. The Hall–Kier alpha value is -0.0400. The van der Waals surface area contributed by atoms with E-state index in [-0.39, 0.29) is 4.87 Å². The van der Waals surface area contributed by atoms with Gasteiger partial charge < -0.3 is 0 Å². The summed E-state index contributed by atoms with van der Waals surface area (Å²) in [4.78, 5) is 4.05. The van der Waals surface area contributed by atoms with Crippen molar-refractivity contribution < 1.29 is 0 Å². The fourth-order valence-corrected chi connectivity index (χ4v) is 0.924. The highest BCUT2D eigenvalue weighted by Gasteiger charge is 2.27. The quantitative estimate of drug-likeness (QED) is 0.445. The van der Waals surface area contributed by atoms with Crippen LogP contribution in [-0.2, 0) is 0 Å². The van der Waals surface area contributed by atoms with E-state index in [1.165, 1.54) is 0 Å². The maximum atomic E-state index is 5.99. The van der Waals surface area contributed by atoms with Gasteiger partial charge in [-0.3, -0.25) is 4.99 Å². The molecule has 1 aliphatic rings. The first-order chi connectivity index (χ1) is 3.63. The van der Waals surface area contributed by atoms with Crippen molar-refractivity contribution in [1.82, 2.24) is 0 Å². The van der Waals surface area contributed by atoms with Crippen LogP contribution in [0, 0.1) is 0 Å². The normalized spacial score (nSPS) is 37.6. The summed E-state index contributed by atoms with van der Waals surface area (Å²) in [6, 6.07) is 0. The van der Waals surface area contributed by atoms with E-state index >= 15 is 0 Å². The predicted molar refractivity (Wildman–Crippen MR) is 36.9 cm³/mol. The molecule has 1 unspecified atom stereocenters. The van der Waals surface area contributed by atoms with Gasteiger partial charge in [0.15, 0.2) is 0 Å². The Bertz CT molecular complexity index is 126. The van der Waals surface area contributed by atoms with Crippen LogP contribution in [0.5, 0.6) is 0 Å². The van der Waals surface area contributed by atoms with Crippen molar-refractivity contribution in [3.8, 4) is 0 Å². The molecule has 0 aromatic rings. The lowest BCUT2D eigenvalue weighted by Crippen LogP contribution is -2.21. The van der Waals surface area contributed by atoms with E-state index in [4.69, 9.17) is 11.6 Å². The van der Waals surface area contributed by atoms with Crippen LogP contribution in [0.1, 0.15) is 20.3 Å². The summed E-state index contributed by atoms with van der Waals surface area (Å²) in [6.07, 6.45) is 1.00. The van der Waals surface area contributed by atoms with Gasteiger partial charge in [-0.25, -0.2) is 0 Å². The van der Waals surface area contributed by atoms with Gasteiger partial charge in [0.2, 0.25) is 0 Å². The van der Waals surface area contributed by atoms with E-state index < -0.39 is 0 Å². The molecule has 0 aromatic heterocycles. The summed E-state index contributed by atoms with van der Waals surface area (Å²) < 4.78 is 0. The van der Waals surface area contributed by atoms with E-state index in [1.807, 2.05) is 13.8 Å². The first kappa shape index (κ1) is 6.09. The summed E-state index contributed by atoms with van der Waals surface area (Å²) in [5.41, 5.74) is 1.08. The zero-order chi connectivity index (χ0) is 6.20. The number of alkyl halides is 1. The largest absolute Gasteiger partial charge is 0.292 e. The Kier molecular flexibility index (Phi) is 1.31. The van der Waals surface area contributed by atoms with E-state index in [0.29, 0.717) is 0 Å². The number of hydrogen-bond acceptors (Lipinski definition) is 1. The standard InChI is InChI=1S/C6H10ClN/c1-5-6(2,7)3-4-8-5/h3-4H2,1-2H3. The molecule has 2 heteroatoms. The minimum Gasteiger partial charge on any atom is -0.292 e. The van der Waals surface area contributed by atoms with Crippen LogP contribution < -0.4 is 0 Å². The second-order valence-electron chi connectivity index (χ2n) is 2.41. The van der Waals surface area contributed by atoms with Crippen molar-refractivity contribution in [2.24, 2.45) is 4.99 Å². The lowest BCUT2D eigenvalue weighted by atomic mass is 10.1. The molecule has 0 fully saturated rings. The number of hydrogen-bond donors (Lipinski definition) is 0. The molecule has 0 saturated carbocycles. The van der Waals surface area contributed by atoms with Gasteiger partial charge in [0.05, 0.1) is 4.87 Å². The number of halogens is 1. The van der Waals surface area contributed by atoms with E-state index in [1.54, 1.807) is 0 Å². The van der Waals surface area contributed by atoms with E-state index in [2.05, 4.69) is 4.99 Å². The van der Waals surface area contributed by atoms with Gasteiger partial charge in [0.1, 0.15) is 0 Å². The highest BCUT2D eigenvalue weighted by molar-refractivity contribution is 6.36. The molecule has 0 aromatic carbocycles. The average Bonchev–Trinajstić information content (AvgIpc) is 1.86. The molecule has 0 spiro atoms. The van der Waals surface area contributed by atoms with Crippen LogP contribution in [-0.4, -0.2) is 17.1 Å². The van der Waals surface area contributed by atoms with E-state index in [9.17, 15) is 0 Å². The van der Waals surface area contributed by atoms with Gasteiger partial charge >= 0.3 is 0 Å². The Balaban J connectivity index is 2.73. The predicted octanol–water partition coefficient (Wildman–Crippen LogP) is 1.85. The monoisotopic (exact) mass is 131 g/mol. The van der Waals surface area contributed by atoms with Crippen molar-refractivity contribution in [1.29, 1.82) is 0 Å². The molecule has 1 aliphatic heterocycles. The molecule has 0 N–H and O–H groups in total. The fraction of sp³-hybridized carbons (Fsp3) is 0.833. The number of aliphatic imine (C=N–C) groups is 1. The maximum Gasteiger partial charge on any atom is 0.0809 e. The van der Waals surface area contributed by atoms with Crippen molar-refractivity contribution in [3.05, 3.63) is 0 Å². The van der Waals surface area contributed by atoms with Crippen LogP contribution in [0.2, 0.25) is 0 Å². The molecule has 0 bridgehead atoms. The third-order valence-corrected chi connectivity index (χ3v) is 2.15. The third-order valence-electron chi connectivity index (χ3n) is 1.68. The molecule has 0 aliphatic carbocycles. The topological polar surface area (TPSA) is 12.4 Å². The lowest BCUT2D eigenvalue weighted by Gasteiger charge is -2.12. The van der Waals surface area contributed by atoms with Gasteiger partial charge in [-0.05, 0) is 20.3 Å². The number of nitrogens with zero attached hydrogens (tertiary/aromatic N) is 1. The van der Waals surface area contributed by atoms with Crippen molar-refractivity contribution in [3.63, 3.8) is 0 Å². The highest BCUT2D eigenvalue weighted by Crippen LogP contribution is 2.25. The molecule has 0 radical (unpaired) electrons. The Morgan fingerprint density at radius 3 is 2.50 bits per heavy atom. The minimum absolute atomic E-state index is 0.125. The summed E-state index contributed by atoms with van der Waals surface area (Å²) in [6.45, 7) is 4.91. The van der Waals surface area contributed by atoms with Crippen LogP contribution in [0.4, 0.5) is 0 Å². The smallest absolute Gasteiger partial charge is 0.0809 e. The Morgan fingerprint density at radius 1 is 1.75 bits per heavy atom. The zero-order valence-electron chi connectivity index (χ0n) is 5.24. The molecular formula is C6H10ClN. The van der Waals surface area contributed by atoms with Gasteiger partial charge in [0.25, 0.3) is 0 Å². The number of rotatable bonds is 0. The lowest BCUT2D eigenvalue weighted by molar-refractivity contribution is 0.786. The van der Waals surface area contributed by atoms with Crippen molar-refractivity contribution >= 4 is 17.3 Å². The van der Waals surface area contributed by atoms with Crippen molar-refractivity contribution in [2.45, 2.75) is 25.1 Å². The average molecular weight is 132 g/mol. The van der Waals surface area contributed by atoms with Crippen molar-refractivity contribution in [2.75, 3.05) is 6.54 Å². The highest BCUT2D eigenvalue weighted by atomic mass is 35.5. The van der Waals surface area contributed by atoms with Crippen LogP contribution in [0.25, 0.3) is 0 Å². The molecule has 1 atom stereocenters. The minimum atomic E-state index is -0.125. The summed E-state index contributed by atoms with van der Waals surface area (Å²) in [7, 11) is 0. The fourth-order valence-electron chi connectivity index (χ4n) is 0.779. The molecule has 46 valence electrons. The molecule has 0 amide bonds. The van der Waals surface area contributed by atoms with Crippen LogP contribution >= 0.6 is 11.6 Å². The molecule has 0 saturated heterocycles. The molecule has 1 nitrogen and oxygen atoms in total. The zero-order valence-corrected chi connectivity index (χ0v) is 6.00. The van der Waals surface area contributed by atoms with Crippen LogP contribution in [0.3, 0.4) is 0 Å². The Labute approximate surface area is 54.8 Å². The maximum absolute atomic E-state index is 5.99. The van der Waals surface area contributed by atoms with E-state index in [0.717, 1.165) is 18.7 Å². The second-order valence-corrected chi connectivity index (χ2v) is 3.25. The third kappa shape index (κ3) is 0.873. The first-order valence-electron chi connectivity index (χ1n) is 2.83. The van der Waals surface area contributed by atoms with Crippen LogP contribution in [0.15, 0.2) is 4.99 Å². The van der Waals surface area contributed by atoms with Gasteiger partial charge in [-0.2, -0.15) is 0 Å². The van der Waals surface area contributed by atoms with Gasteiger partial charge in [-0.15, -0.1) is 11.6 Å². The SMILES string of the molecule is CC1=NCCC1(C)Cl. The first-order valence-corrected chi connectivity index (χ1v) is 3.21. The second kappa shape index (κ2) is 1.73. The molecular weight excluding hydrogens is 122 g/mol. The summed E-state index contributed by atoms with van der Waals surface area (Å²) >= 11 is 5.99. The Morgan fingerprint density at radius 2 is 2.38 bits per heavy atom.